The number of methoxy groups -OCH3 is 1. The van der Waals surface area contributed by atoms with Crippen LogP contribution in [0.15, 0.2) is 84.4 Å². The number of carbonyl (C=O) groups excluding carboxylic acids is 3. The van der Waals surface area contributed by atoms with E-state index in [1.54, 1.807) is 18.2 Å². The van der Waals surface area contributed by atoms with Crippen molar-refractivity contribution in [1.29, 1.82) is 0 Å². The molecule has 0 bridgehead atoms. The Morgan fingerprint density at radius 1 is 0.833 bits per heavy atom. The van der Waals surface area contributed by atoms with E-state index < -0.39 is 17.8 Å². The molecule has 214 valence electrons. The zero-order valence-corrected chi connectivity index (χ0v) is 23.8. The molecule has 1 aliphatic rings. The van der Waals surface area contributed by atoms with Crippen molar-refractivity contribution in [3.8, 4) is 17.2 Å². The molecular formula is C34H32N2O6. The van der Waals surface area contributed by atoms with Crippen LogP contribution in [0.25, 0.3) is 16.8 Å². The zero-order chi connectivity index (χ0) is 29.6. The Kier molecular flexibility index (Phi) is 8.52. The lowest BCUT2D eigenvalue weighted by atomic mass is 9.99. The van der Waals surface area contributed by atoms with E-state index in [4.69, 9.17) is 14.2 Å². The van der Waals surface area contributed by atoms with E-state index in [1.165, 1.54) is 13.2 Å². The number of hydrogen-bond acceptors (Lipinski definition) is 6. The molecule has 0 spiro atoms. The van der Waals surface area contributed by atoms with Crippen molar-refractivity contribution >= 4 is 34.7 Å². The Morgan fingerprint density at radius 2 is 1.57 bits per heavy atom. The van der Waals surface area contributed by atoms with Crippen molar-refractivity contribution < 1.29 is 28.6 Å². The number of aryl methyl sites for hydroxylation is 1. The van der Waals surface area contributed by atoms with Gasteiger partial charge in [0.15, 0.2) is 11.5 Å². The summed E-state index contributed by atoms with van der Waals surface area (Å²) in [7, 11) is 1.53. The second-order valence-electron chi connectivity index (χ2n) is 10.0. The predicted molar refractivity (Wildman–Crippen MR) is 160 cm³/mol. The Morgan fingerprint density at radius 3 is 2.33 bits per heavy atom. The van der Waals surface area contributed by atoms with Gasteiger partial charge in [-0.25, -0.2) is 4.79 Å². The molecule has 1 aliphatic heterocycles. The van der Waals surface area contributed by atoms with Crippen molar-refractivity contribution in [1.82, 2.24) is 10.2 Å². The fourth-order valence-electron chi connectivity index (χ4n) is 4.70. The largest absolute Gasteiger partial charge is 0.493 e. The molecular weight excluding hydrogens is 532 g/mol. The molecule has 0 saturated carbocycles. The number of fused-ring (bicyclic) bond motifs is 1. The minimum atomic E-state index is -0.791. The van der Waals surface area contributed by atoms with Gasteiger partial charge in [0.2, 0.25) is 0 Å². The summed E-state index contributed by atoms with van der Waals surface area (Å²) in [5.74, 6) is 0.107. The number of imide groups is 2. The van der Waals surface area contributed by atoms with Gasteiger partial charge in [-0.1, -0.05) is 73.2 Å². The molecule has 0 aliphatic carbocycles. The van der Waals surface area contributed by atoms with Crippen LogP contribution in [-0.4, -0.2) is 36.5 Å². The van der Waals surface area contributed by atoms with Crippen molar-refractivity contribution in [2.24, 2.45) is 0 Å². The van der Waals surface area contributed by atoms with E-state index in [0.29, 0.717) is 41.6 Å². The molecule has 0 unspecified atom stereocenters. The normalized spacial score (nSPS) is 14.3. The summed E-state index contributed by atoms with van der Waals surface area (Å²) >= 11 is 0. The fourth-order valence-corrected chi connectivity index (χ4v) is 4.70. The van der Waals surface area contributed by atoms with Gasteiger partial charge in [0.1, 0.15) is 17.9 Å². The molecule has 1 heterocycles. The molecule has 5 rings (SSSR count). The third-order valence-electron chi connectivity index (χ3n) is 6.95. The monoisotopic (exact) mass is 564 g/mol. The number of urea groups is 1. The maximum Gasteiger partial charge on any atom is 0.331 e. The Balaban J connectivity index is 1.47. The molecule has 4 amide bonds. The van der Waals surface area contributed by atoms with E-state index in [1.807, 2.05) is 74.5 Å². The van der Waals surface area contributed by atoms with Crippen LogP contribution >= 0.6 is 0 Å². The van der Waals surface area contributed by atoms with Gasteiger partial charge < -0.3 is 14.2 Å². The molecule has 4 aromatic rings. The summed E-state index contributed by atoms with van der Waals surface area (Å²) < 4.78 is 17.4. The highest BCUT2D eigenvalue weighted by Gasteiger charge is 2.36. The van der Waals surface area contributed by atoms with Gasteiger partial charge in [-0.05, 0) is 59.5 Å². The van der Waals surface area contributed by atoms with Crippen LogP contribution in [0.4, 0.5) is 4.79 Å². The minimum Gasteiger partial charge on any atom is -0.493 e. The second kappa shape index (κ2) is 12.6. The van der Waals surface area contributed by atoms with Crippen LogP contribution in [0.5, 0.6) is 17.2 Å². The van der Waals surface area contributed by atoms with Crippen LogP contribution in [-0.2, 0) is 22.7 Å². The predicted octanol–water partition coefficient (Wildman–Crippen LogP) is 6.19. The smallest absolute Gasteiger partial charge is 0.331 e. The van der Waals surface area contributed by atoms with Gasteiger partial charge in [0.05, 0.1) is 20.3 Å². The third-order valence-corrected chi connectivity index (χ3v) is 6.95. The summed E-state index contributed by atoms with van der Waals surface area (Å²) in [6, 6.07) is 23.8. The number of nitrogens with one attached hydrogen (secondary N) is 1. The van der Waals surface area contributed by atoms with E-state index >= 15 is 0 Å². The topological polar surface area (TPSA) is 94.2 Å². The first-order valence-electron chi connectivity index (χ1n) is 13.8. The summed E-state index contributed by atoms with van der Waals surface area (Å²) in [5.41, 5.74) is 3.18. The van der Waals surface area contributed by atoms with Gasteiger partial charge in [-0.2, -0.15) is 0 Å². The number of amides is 4. The van der Waals surface area contributed by atoms with Crippen LogP contribution in [0, 0.1) is 6.92 Å². The van der Waals surface area contributed by atoms with Crippen LogP contribution in [0.2, 0.25) is 0 Å². The summed E-state index contributed by atoms with van der Waals surface area (Å²) in [5, 5.41) is 4.04. The van der Waals surface area contributed by atoms with Crippen LogP contribution < -0.4 is 19.5 Å². The van der Waals surface area contributed by atoms with E-state index in [-0.39, 0.29) is 12.1 Å². The fraction of sp³-hybridized carbons (Fsp3) is 0.206. The average molecular weight is 565 g/mol. The maximum atomic E-state index is 13.7. The van der Waals surface area contributed by atoms with E-state index in [9.17, 15) is 14.4 Å². The highest BCUT2D eigenvalue weighted by molar-refractivity contribution is 6.31. The van der Waals surface area contributed by atoms with Crippen LogP contribution in [0.3, 0.4) is 0 Å². The summed E-state index contributed by atoms with van der Waals surface area (Å²) in [6.45, 7) is 4.80. The number of hydrogen-bond donors (Lipinski definition) is 1. The van der Waals surface area contributed by atoms with E-state index in [2.05, 4.69) is 5.32 Å². The zero-order valence-electron chi connectivity index (χ0n) is 23.8. The van der Waals surface area contributed by atoms with Gasteiger partial charge in [0.25, 0.3) is 11.8 Å². The number of nitrogens with zero attached hydrogens (tertiary/aromatic N) is 1. The van der Waals surface area contributed by atoms with Gasteiger partial charge in [0, 0.05) is 5.56 Å². The van der Waals surface area contributed by atoms with E-state index in [0.717, 1.165) is 33.2 Å². The van der Waals surface area contributed by atoms with Gasteiger partial charge >= 0.3 is 6.03 Å². The first-order chi connectivity index (χ1) is 20.4. The molecule has 8 nitrogen and oxygen atoms in total. The average Bonchev–Trinajstić information content (AvgIpc) is 3.00. The molecule has 1 saturated heterocycles. The second-order valence-corrected chi connectivity index (χ2v) is 10.0. The highest BCUT2D eigenvalue weighted by atomic mass is 16.5. The number of carbonyl (C=O) groups is 3. The summed E-state index contributed by atoms with van der Waals surface area (Å²) in [4.78, 5) is 40.5. The Labute approximate surface area is 244 Å². The number of barbiturate groups is 1. The number of ether oxygens (including phenoxy) is 3. The maximum absolute atomic E-state index is 13.7. The first kappa shape index (κ1) is 28.4. The molecule has 4 aromatic carbocycles. The first-order valence-corrected chi connectivity index (χ1v) is 13.8. The van der Waals surface area contributed by atoms with Crippen molar-refractivity contribution in [3.63, 3.8) is 0 Å². The Hall–Kier alpha value is -5.11. The molecule has 8 heteroatoms. The quantitative estimate of drug-likeness (QED) is 0.182. The van der Waals surface area contributed by atoms with Crippen molar-refractivity contribution in [3.05, 3.63) is 107 Å². The number of benzene rings is 4. The van der Waals surface area contributed by atoms with Gasteiger partial charge in [-0.3, -0.25) is 19.8 Å². The highest BCUT2D eigenvalue weighted by Crippen LogP contribution is 2.33. The molecule has 0 aromatic heterocycles. The molecule has 0 radical (unpaired) electrons. The molecule has 1 fully saturated rings. The summed E-state index contributed by atoms with van der Waals surface area (Å²) in [6.07, 6.45) is 2.35. The van der Waals surface area contributed by atoms with Crippen molar-refractivity contribution in [2.75, 3.05) is 13.7 Å². The van der Waals surface area contributed by atoms with Crippen molar-refractivity contribution in [2.45, 2.75) is 33.4 Å². The molecule has 0 atom stereocenters. The SMILES string of the molecule is CCCOc1ccc(CN2C(=O)NC(=O)/C(=C\c3c(OCc4ccc(C)cc4)ccc4ccccc34)C2=O)cc1OC. The lowest BCUT2D eigenvalue weighted by molar-refractivity contribution is -0.130. The third kappa shape index (κ3) is 6.12. The standard InChI is InChI=1S/C34H32N2O6/c1-4-17-41-30-15-13-24(18-31(30)40-3)20-36-33(38)28(32(37)35-34(36)39)19-27-26-8-6-5-7-25(26)14-16-29(27)42-21-23-11-9-22(2)10-12-23/h5-16,18-19H,4,17,20-21H2,1-3H3,(H,35,37,39)/b28-19+. The minimum absolute atomic E-state index is 0.0635. The van der Waals surface area contributed by atoms with Crippen LogP contribution in [0.1, 0.15) is 35.6 Å². The lowest BCUT2D eigenvalue weighted by Crippen LogP contribution is -2.53. The lowest BCUT2D eigenvalue weighted by Gasteiger charge is -2.27. The molecule has 1 N–H and O–H groups in total. The molecule has 42 heavy (non-hydrogen) atoms. The van der Waals surface area contributed by atoms with Gasteiger partial charge in [-0.15, -0.1) is 0 Å². The number of rotatable bonds is 10. The Bertz CT molecular complexity index is 1680.